The van der Waals surface area contributed by atoms with Gasteiger partial charge in [0, 0.05) is 42.7 Å². The van der Waals surface area contributed by atoms with Crippen molar-refractivity contribution in [1.82, 2.24) is 44.1 Å². The average molecular weight is 1720 g/mol. The number of benzene rings is 11. The number of aromatic nitrogens is 9. The monoisotopic (exact) mass is 1720 g/mol. The molecule has 16 rings (SSSR count). The Morgan fingerprint density at radius 2 is 0.600 bits per heavy atom. The van der Waals surface area contributed by atoms with Crippen molar-refractivity contribution in [1.29, 1.82) is 0 Å². The van der Waals surface area contributed by atoms with Gasteiger partial charge < -0.3 is 21.3 Å². The molecule has 4 amide bonds. The Balaban J connectivity index is 0.000000138. The fourth-order valence-electron chi connectivity index (χ4n) is 12.4. The van der Waals surface area contributed by atoms with Crippen LogP contribution in [0.3, 0.4) is 0 Å². The predicted molar refractivity (Wildman–Crippen MR) is 437 cm³/mol. The van der Waals surface area contributed by atoms with Crippen LogP contribution in [0.4, 0.5) is 76.0 Å². The fourth-order valence-corrected chi connectivity index (χ4v) is 13.1. The van der Waals surface area contributed by atoms with Crippen LogP contribution in [0.15, 0.2) is 285 Å². The van der Waals surface area contributed by atoms with Crippen LogP contribution in [-0.4, -0.2) is 67.7 Å². The zero-order valence-corrected chi connectivity index (χ0v) is 64.7. The van der Waals surface area contributed by atoms with Gasteiger partial charge in [0.25, 0.3) is 23.6 Å². The minimum Gasteiger partial charge on any atom is -0.305 e. The van der Waals surface area contributed by atoms with Crippen LogP contribution in [0.25, 0.3) is 43.6 Å². The number of anilines is 4. The van der Waals surface area contributed by atoms with E-state index in [-0.39, 0.29) is 48.8 Å². The van der Waals surface area contributed by atoms with E-state index in [1.54, 1.807) is 116 Å². The van der Waals surface area contributed by atoms with Crippen molar-refractivity contribution in [3.05, 3.63) is 372 Å². The number of amides is 4. The molecule has 0 aliphatic rings. The van der Waals surface area contributed by atoms with Gasteiger partial charge in [-0.1, -0.05) is 168 Å². The zero-order chi connectivity index (χ0) is 85.2. The van der Waals surface area contributed by atoms with E-state index in [0.29, 0.717) is 88.1 Å². The number of nitrogens with zero attached hydrogens (tertiary/aromatic N) is 9. The maximum atomic E-state index is 12.8. The van der Waals surface area contributed by atoms with Gasteiger partial charge in [0.1, 0.15) is 10.8 Å². The molecule has 0 aliphatic carbocycles. The first kappa shape index (κ1) is 84.6. The number of carbonyl (C=O) groups is 4. The number of rotatable bonds is 16. The van der Waals surface area contributed by atoms with E-state index in [4.69, 9.17) is 46.4 Å². The summed E-state index contributed by atoms with van der Waals surface area (Å²) in [6.07, 6.45) is -17.5. The molecule has 0 unspecified atom stereocenters. The lowest BCUT2D eigenvalue weighted by Gasteiger charge is -2.08. The molecule has 5 aromatic heterocycles. The Morgan fingerprint density at radius 1 is 0.292 bits per heavy atom. The molecule has 0 saturated heterocycles. The van der Waals surface area contributed by atoms with Gasteiger partial charge in [0.2, 0.25) is 0 Å². The van der Waals surface area contributed by atoms with Crippen LogP contribution >= 0.6 is 46.4 Å². The highest BCUT2D eigenvalue weighted by Crippen LogP contribution is 2.36. The van der Waals surface area contributed by atoms with E-state index in [1.807, 2.05) is 84.9 Å². The van der Waals surface area contributed by atoms with Crippen molar-refractivity contribution >= 4 is 137 Å². The molecule has 0 radical (unpaired) electrons. The molecule has 16 aromatic rings. The third kappa shape index (κ3) is 21.0. The summed E-state index contributed by atoms with van der Waals surface area (Å²) in [5, 5.41) is 33.3. The minimum absolute atomic E-state index is 0.142. The molecular formula is C87H59Cl4F12N13O4. The van der Waals surface area contributed by atoms with E-state index in [0.717, 1.165) is 81.4 Å². The third-order valence-corrected chi connectivity index (χ3v) is 19.3. The van der Waals surface area contributed by atoms with Crippen molar-refractivity contribution in [3.63, 3.8) is 0 Å². The number of hydrogen-bond donors (Lipinski definition) is 4. The second kappa shape index (κ2) is 36.3. The maximum Gasteiger partial charge on any atom is 0.416 e. The highest BCUT2D eigenvalue weighted by atomic mass is 35.5. The lowest BCUT2D eigenvalue weighted by atomic mass is 10.1. The molecule has 17 nitrogen and oxygen atoms in total. The number of alkyl halides is 12. The summed E-state index contributed by atoms with van der Waals surface area (Å²) >= 11 is 23.7. The molecule has 0 saturated carbocycles. The Bertz CT molecular complexity index is 6200. The molecule has 33 heteroatoms. The summed E-state index contributed by atoms with van der Waals surface area (Å²) in [7, 11) is 0. The van der Waals surface area contributed by atoms with Crippen LogP contribution in [0.5, 0.6) is 0 Å². The van der Waals surface area contributed by atoms with Crippen LogP contribution in [0, 0.1) is 0 Å². The third-order valence-electron chi connectivity index (χ3n) is 18.3. The topological polar surface area (TPSA) is 201 Å². The van der Waals surface area contributed by atoms with Gasteiger partial charge in [-0.25, -0.2) is 4.98 Å². The molecule has 11 aromatic carbocycles. The first-order valence-electron chi connectivity index (χ1n) is 35.9. The van der Waals surface area contributed by atoms with Gasteiger partial charge in [0.05, 0.1) is 81.1 Å². The molecule has 120 heavy (non-hydrogen) atoms. The highest BCUT2D eigenvalue weighted by Gasteiger charge is 2.33. The predicted octanol–water partition coefficient (Wildman–Crippen LogP) is 23.4. The van der Waals surface area contributed by atoms with Gasteiger partial charge in [0.15, 0.2) is 23.3 Å². The van der Waals surface area contributed by atoms with Crippen LogP contribution < -0.4 is 21.3 Å². The summed E-state index contributed by atoms with van der Waals surface area (Å²) in [6.45, 7) is 1.01. The van der Waals surface area contributed by atoms with Crippen LogP contribution in [-0.2, 0) is 50.9 Å². The van der Waals surface area contributed by atoms with Crippen molar-refractivity contribution < 1.29 is 71.9 Å². The van der Waals surface area contributed by atoms with Gasteiger partial charge in [-0.3, -0.25) is 37.9 Å². The molecule has 0 aliphatic heterocycles. The Morgan fingerprint density at radius 3 is 0.933 bits per heavy atom. The minimum atomic E-state index is -4.39. The summed E-state index contributed by atoms with van der Waals surface area (Å²) < 4.78 is 160. The van der Waals surface area contributed by atoms with Crippen molar-refractivity contribution in [2.24, 2.45) is 0 Å². The summed E-state index contributed by atoms with van der Waals surface area (Å²) in [6, 6.07) is 73.2. The summed E-state index contributed by atoms with van der Waals surface area (Å²) in [4.78, 5) is 54.3. The van der Waals surface area contributed by atoms with E-state index in [1.165, 1.54) is 54.6 Å². The van der Waals surface area contributed by atoms with Crippen molar-refractivity contribution in [2.45, 2.75) is 50.9 Å². The molecule has 0 spiro atoms. The lowest BCUT2D eigenvalue weighted by Crippen LogP contribution is -2.14. The maximum absolute atomic E-state index is 12.8. The molecule has 0 bridgehead atoms. The smallest absolute Gasteiger partial charge is 0.305 e. The number of para-hydroxylation sites is 4. The Kier molecular flexibility index (Phi) is 25.5. The second-order valence-corrected chi connectivity index (χ2v) is 28.2. The van der Waals surface area contributed by atoms with Crippen LogP contribution in [0.2, 0.25) is 20.2 Å². The largest absolute Gasteiger partial charge is 0.416 e. The Hall–Kier alpha value is -13.4. The first-order chi connectivity index (χ1) is 57.3. The van der Waals surface area contributed by atoms with E-state index in [2.05, 4.69) is 46.6 Å². The first-order valence-corrected chi connectivity index (χ1v) is 37.4. The zero-order valence-electron chi connectivity index (χ0n) is 61.7. The van der Waals surface area contributed by atoms with Gasteiger partial charge >= 0.3 is 24.7 Å². The highest BCUT2D eigenvalue weighted by molar-refractivity contribution is 6.34. The van der Waals surface area contributed by atoms with E-state index >= 15 is 0 Å². The second-order valence-electron chi connectivity index (χ2n) is 26.5. The average Bonchev–Trinajstić information content (AvgIpc) is 1.66. The van der Waals surface area contributed by atoms with Gasteiger partial charge in [-0.15, -0.1) is 0 Å². The Labute approximate surface area is 693 Å². The lowest BCUT2D eigenvalue weighted by molar-refractivity contribution is -0.138. The standard InChI is InChI=1S/3C22H15ClF3N3O.C21H14ClF3N4O/c23-18-7-3-1-5-16(18)21(30)27-20-17-6-2-4-8-19(17)29(28-20)13-14-9-11-15(12-10-14)22(24,25)26;23-17-5-3-4-15(12-17)21(30)27-20-18-6-1-2-7-19(18)29(28-20)13-14-8-10-16(11-9-14)22(24,25)26;23-17-11-7-15(8-12-17)21(30)27-20-18-3-1-2-4-19(18)29(28-20)13-14-5-9-16(10-6-14)22(24,25)26;22-18-7-3-5-16(26-18)20(30)27-19-15-4-1-2-6-17(15)29(28-19)12-13-8-10-14(11-9-13)21(23,24)25/h3*1-12H,13H2,(H,27,28,30);1-11H,12H2,(H,27,28,30). The number of nitrogens with one attached hydrogen (secondary N) is 4. The number of pyridine rings is 1. The number of fused-ring (bicyclic) bond motifs is 4. The fraction of sp³-hybridized carbons (Fsp3) is 0.0920. The molecular weight excluding hydrogens is 1660 g/mol. The molecule has 0 atom stereocenters. The van der Waals surface area contributed by atoms with Crippen LogP contribution in [0.1, 0.15) is 86.1 Å². The normalized spacial score (nSPS) is 11.6. The van der Waals surface area contributed by atoms with E-state index < -0.39 is 58.8 Å². The SMILES string of the molecule is O=C(Nc1nn(Cc2ccc(C(F)(F)F)cc2)c2ccccc12)c1ccc(Cl)cc1.O=C(Nc1nn(Cc2ccc(C(F)(F)F)cc2)c2ccccc12)c1cccc(Cl)c1.O=C(Nc1nn(Cc2ccc(C(F)(F)F)cc2)c2ccccc12)c1cccc(Cl)n1.O=C(Nc1nn(Cc2ccc(C(F)(F)F)cc2)c2ccccc12)c1ccccc1Cl. The number of hydrogen-bond acceptors (Lipinski definition) is 9. The van der Waals surface area contributed by atoms with Gasteiger partial charge in [-0.05, 0) is 186 Å². The summed E-state index contributed by atoms with van der Waals surface area (Å²) in [5.41, 5.74) is 4.05. The van der Waals surface area contributed by atoms with E-state index in [9.17, 15) is 71.9 Å². The van der Waals surface area contributed by atoms with Gasteiger partial charge in [-0.2, -0.15) is 73.1 Å². The number of halogens is 16. The molecule has 0 fully saturated rings. The summed E-state index contributed by atoms with van der Waals surface area (Å²) in [5.74, 6) is -0.154. The van der Waals surface area contributed by atoms with Crippen molar-refractivity contribution in [2.75, 3.05) is 21.3 Å². The molecule has 4 N–H and O–H groups in total. The quantitative estimate of drug-likeness (QED) is 0.0537. The van der Waals surface area contributed by atoms with Crippen molar-refractivity contribution in [3.8, 4) is 0 Å². The molecule has 608 valence electrons. The molecule has 5 heterocycles. The number of carbonyl (C=O) groups excluding carboxylic acids is 4.